The third-order valence-electron chi connectivity index (χ3n) is 1.61. The summed E-state index contributed by atoms with van der Waals surface area (Å²) in [6.45, 7) is 0. The van der Waals surface area contributed by atoms with Crippen LogP contribution in [0.5, 0.6) is 0 Å². The van der Waals surface area contributed by atoms with Gasteiger partial charge in [-0.25, -0.2) is 4.79 Å². The van der Waals surface area contributed by atoms with Crippen molar-refractivity contribution in [1.29, 1.82) is 0 Å². The lowest BCUT2D eigenvalue weighted by atomic mass is 10.2. The Balaban J connectivity index is 3.47. The van der Waals surface area contributed by atoms with Gasteiger partial charge < -0.3 is 4.74 Å². The van der Waals surface area contributed by atoms with E-state index in [1.54, 1.807) is 0 Å². The van der Waals surface area contributed by atoms with Gasteiger partial charge in [0.2, 0.25) is 0 Å². The molecule has 0 saturated carbocycles. The van der Waals surface area contributed by atoms with Crippen LogP contribution in [0.3, 0.4) is 0 Å². The minimum Gasteiger partial charge on any atom is -0.465 e. The molecular formula is C8H6BrFO4S. The lowest BCUT2D eigenvalue weighted by Gasteiger charge is -2.04. The van der Waals surface area contributed by atoms with Crippen LogP contribution in [0.1, 0.15) is 10.4 Å². The molecule has 1 rings (SSSR count). The average Bonchev–Trinajstić information content (AvgIpc) is 2.15. The van der Waals surface area contributed by atoms with Crippen LogP contribution in [0.25, 0.3) is 0 Å². The zero-order valence-electron chi connectivity index (χ0n) is 7.53. The number of benzene rings is 1. The smallest absolute Gasteiger partial charge is 0.339 e. The van der Waals surface area contributed by atoms with E-state index in [0.29, 0.717) is 4.47 Å². The first kappa shape index (κ1) is 12.1. The van der Waals surface area contributed by atoms with Gasteiger partial charge in [0.15, 0.2) is 0 Å². The largest absolute Gasteiger partial charge is 0.465 e. The molecule has 1 aromatic rings. The minimum absolute atomic E-state index is 0.330. The number of methoxy groups -OCH3 is 1. The third kappa shape index (κ3) is 2.75. The first-order valence-corrected chi connectivity index (χ1v) is 5.86. The maximum absolute atomic E-state index is 12.8. The van der Waals surface area contributed by atoms with Crippen molar-refractivity contribution >= 4 is 32.1 Å². The van der Waals surface area contributed by atoms with Crippen LogP contribution in [0.15, 0.2) is 27.6 Å². The predicted molar refractivity (Wildman–Crippen MR) is 53.8 cm³/mol. The second kappa shape index (κ2) is 4.28. The van der Waals surface area contributed by atoms with Gasteiger partial charge in [0.1, 0.15) is 4.90 Å². The fourth-order valence-electron chi connectivity index (χ4n) is 0.976. The summed E-state index contributed by atoms with van der Waals surface area (Å²) < 4.78 is 38.9. The first-order chi connectivity index (χ1) is 6.86. The van der Waals surface area contributed by atoms with Gasteiger partial charge in [-0.2, -0.15) is 8.42 Å². The van der Waals surface area contributed by atoms with Gasteiger partial charge in [-0.3, -0.25) is 0 Å². The molecular weight excluding hydrogens is 291 g/mol. The Labute approximate surface area is 94.4 Å². The Kier molecular flexibility index (Phi) is 3.46. The van der Waals surface area contributed by atoms with Gasteiger partial charge in [0, 0.05) is 4.47 Å². The molecule has 0 bridgehead atoms. The summed E-state index contributed by atoms with van der Waals surface area (Å²) in [6, 6.07) is 3.59. The van der Waals surface area contributed by atoms with Crippen molar-refractivity contribution in [3.63, 3.8) is 0 Å². The molecule has 0 amide bonds. The van der Waals surface area contributed by atoms with Gasteiger partial charge in [-0.15, -0.1) is 3.89 Å². The maximum atomic E-state index is 12.8. The van der Waals surface area contributed by atoms with Gasteiger partial charge in [-0.1, -0.05) is 15.9 Å². The molecule has 0 fully saturated rings. The summed E-state index contributed by atoms with van der Waals surface area (Å²) in [5.41, 5.74) is -0.330. The minimum atomic E-state index is -4.94. The normalized spacial score (nSPS) is 11.1. The Bertz CT molecular complexity index is 497. The molecule has 0 aromatic heterocycles. The van der Waals surface area contributed by atoms with Crippen molar-refractivity contribution < 1.29 is 21.8 Å². The maximum Gasteiger partial charge on any atom is 0.339 e. The second-order valence-corrected chi connectivity index (χ2v) is 4.80. The number of carbonyl (C=O) groups is 1. The van der Waals surface area contributed by atoms with E-state index in [-0.39, 0.29) is 5.56 Å². The van der Waals surface area contributed by atoms with Crippen LogP contribution in [0.4, 0.5) is 3.89 Å². The predicted octanol–water partition coefficient (Wildman–Crippen LogP) is 1.89. The molecule has 0 heterocycles. The number of halogens is 2. The summed E-state index contributed by atoms with van der Waals surface area (Å²) in [7, 11) is -3.86. The van der Waals surface area contributed by atoms with Crippen molar-refractivity contribution in [2.24, 2.45) is 0 Å². The van der Waals surface area contributed by atoms with Gasteiger partial charge in [0.25, 0.3) is 0 Å². The van der Waals surface area contributed by atoms with E-state index in [4.69, 9.17) is 0 Å². The molecule has 0 spiro atoms. The second-order valence-electron chi connectivity index (χ2n) is 2.57. The fraction of sp³-hybridized carbons (Fsp3) is 0.125. The molecule has 0 aliphatic rings. The summed E-state index contributed by atoms with van der Waals surface area (Å²) in [5.74, 6) is -0.904. The van der Waals surface area contributed by atoms with E-state index in [1.165, 1.54) is 12.1 Å². The molecule has 0 radical (unpaired) electrons. The zero-order chi connectivity index (χ0) is 11.6. The van der Waals surface area contributed by atoms with Crippen molar-refractivity contribution in [2.75, 3.05) is 7.11 Å². The van der Waals surface area contributed by atoms with Crippen LogP contribution in [-0.4, -0.2) is 21.5 Å². The zero-order valence-corrected chi connectivity index (χ0v) is 9.93. The monoisotopic (exact) mass is 296 g/mol. The Morgan fingerprint density at radius 2 is 2.07 bits per heavy atom. The van der Waals surface area contributed by atoms with Crippen molar-refractivity contribution in [2.45, 2.75) is 4.90 Å². The fourth-order valence-corrected chi connectivity index (χ4v) is 2.17. The highest BCUT2D eigenvalue weighted by molar-refractivity contribution is 9.10. The first-order valence-electron chi connectivity index (χ1n) is 3.69. The highest BCUT2D eigenvalue weighted by Gasteiger charge is 2.22. The topological polar surface area (TPSA) is 60.4 Å². The van der Waals surface area contributed by atoms with E-state index in [0.717, 1.165) is 13.2 Å². The van der Waals surface area contributed by atoms with E-state index < -0.39 is 21.1 Å². The van der Waals surface area contributed by atoms with Crippen LogP contribution in [0.2, 0.25) is 0 Å². The molecule has 4 nitrogen and oxygen atoms in total. The van der Waals surface area contributed by atoms with Gasteiger partial charge >= 0.3 is 16.2 Å². The van der Waals surface area contributed by atoms with E-state index in [2.05, 4.69) is 20.7 Å². The number of esters is 1. The molecule has 0 atom stereocenters. The Hall–Kier alpha value is -0.950. The van der Waals surface area contributed by atoms with E-state index in [9.17, 15) is 17.1 Å². The number of ether oxygens (including phenoxy) is 1. The molecule has 1 aromatic carbocycles. The van der Waals surface area contributed by atoms with E-state index in [1.807, 2.05) is 0 Å². The van der Waals surface area contributed by atoms with Crippen LogP contribution in [-0.2, 0) is 15.0 Å². The highest BCUT2D eigenvalue weighted by Crippen LogP contribution is 2.23. The molecule has 7 heteroatoms. The summed E-state index contributed by atoms with van der Waals surface area (Å²) in [6.07, 6.45) is 0. The number of hydrogen-bond donors (Lipinski definition) is 0. The Morgan fingerprint density at radius 1 is 1.47 bits per heavy atom. The average molecular weight is 297 g/mol. The van der Waals surface area contributed by atoms with Gasteiger partial charge in [-0.05, 0) is 18.2 Å². The standard InChI is InChI=1S/C8H6BrFO4S/c1-14-8(11)6-3-2-5(9)4-7(6)15(10,12)13/h2-4H,1H3. The van der Waals surface area contributed by atoms with Crippen LogP contribution >= 0.6 is 15.9 Å². The van der Waals surface area contributed by atoms with Gasteiger partial charge in [0.05, 0.1) is 12.7 Å². The number of hydrogen-bond acceptors (Lipinski definition) is 4. The summed E-state index contributed by atoms with van der Waals surface area (Å²) in [5, 5.41) is 0. The third-order valence-corrected chi connectivity index (χ3v) is 2.97. The van der Waals surface area contributed by atoms with E-state index >= 15 is 0 Å². The Morgan fingerprint density at radius 3 is 2.53 bits per heavy atom. The highest BCUT2D eigenvalue weighted by atomic mass is 79.9. The molecule has 0 saturated heterocycles. The van der Waals surface area contributed by atoms with Crippen molar-refractivity contribution in [1.82, 2.24) is 0 Å². The molecule has 0 aliphatic carbocycles. The molecule has 0 N–H and O–H groups in total. The number of rotatable bonds is 2. The van der Waals surface area contributed by atoms with Crippen molar-refractivity contribution in [3.05, 3.63) is 28.2 Å². The lowest BCUT2D eigenvalue weighted by Crippen LogP contribution is -2.07. The summed E-state index contributed by atoms with van der Waals surface area (Å²) >= 11 is 2.98. The van der Waals surface area contributed by atoms with Crippen LogP contribution < -0.4 is 0 Å². The van der Waals surface area contributed by atoms with Crippen LogP contribution in [0, 0.1) is 0 Å². The molecule has 15 heavy (non-hydrogen) atoms. The summed E-state index contributed by atoms with van der Waals surface area (Å²) in [4.78, 5) is 10.4. The lowest BCUT2D eigenvalue weighted by molar-refractivity contribution is 0.0596. The molecule has 0 aliphatic heterocycles. The van der Waals surface area contributed by atoms with Crippen molar-refractivity contribution in [3.8, 4) is 0 Å². The SMILES string of the molecule is COC(=O)c1ccc(Br)cc1S(=O)(=O)F. The quantitative estimate of drug-likeness (QED) is 0.618. The molecule has 82 valence electrons. The molecule has 0 unspecified atom stereocenters. The number of carbonyl (C=O) groups excluding carboxylic acids is 1.